The van der Waals surface area contributed by atoms with Gasteiger partial charge in [0.1, 0.15) is 29.8 Å². The number of pyridine rings is 1. The van der Waals surface area contributed by atoms with Crippen molar-refractivity contribution in [1.29, 1.82) is 0 Å². The van der Waals surface area contributed by atoms with Crippen LogP contribution in [0.4, 0.5) is 14.6 Å². The fourth-order valence-corrected chi connectivity index (χ4v) is 7.43. The number of halogens is 3. The van der Waals surface area contributed by atoms with E-state index in [1.165, 1.54) is 6.08 Å². The molecule has 3 fully saturated rings. The first kappa shape index (κ1) is 28.9. The van der Waals surface area contributed by atoms with E-state index in [0.29, 0.717) is 53.2 Å². The lowest BCUT2D eigenvalue weighted by molar-refractivity contribution is -0.132. The van der Waals surface area contributed by atoms with Crippen LogP contribution in [0.3, 0.4) is 0 Å². The molecular formula is C33H33ClF2N6O2. The minimum atomic E-state index is -0.902. The molecule has 228 valence electrons. The number of anilines is 1. The van der Waals surface area contributed by atoms with Crippen LogP contribution in [0, 0.1) is 5.82 Å². The number of carbonyl (C=O) groups excluding carboxylic acids is 1. The van der Waals surface area contributed by atoms with Crippen LogP contribution in [0.1, 0.15) is 25.7 Å². The fourth-order valence-electron chi connectivity index (χ4n) is 7.15. The third-order valence-electron chi connectivity index (χ3n) is 9.43. The van der Waals surface area contributed by atoms with Crippen LogP contribution in [0.5, 0.6) is 6.01 Å². The number of carbonyl (C=O) groups is 1. The van der Waals surface area contributed by atoms with Gasteiger partial charge in [-0.25, -0.2) is 8.78 Å². The summed E-state index contributed by atoms with van der Waals surface area (Å²) in [5, 5.41) is 2.47. The van der Waals surface area contributed by atoms with Gasteiger partial charge >= 0.3 is 6.01 Å². The largest absolute Gasteiger partial charge is 0.461 e. The van der Waals surface area contributed by atoms with Gasteiger partial charge in [-0.05, 0) is 43.3 Å². The van der Waals surface area contributed by atoms with E-state index >= 15 is 4.39 Å². The molecule has 0 N–H and O–H groups in total. The number of nitrogens with zero attached hydrogens (tertiary/aromatic N) is 6. The third kappa shape index (κ3) is 4.84. The second-order valence-electron chi connectivity index (χ2n) is 12.1. The van der Waals surface area contributed by atoms with Gasteiger partial charge in [-0.1, -0.05) is 48.5 Å². The Labute approximate surface area is 259 Å². The zero-order chi connectivity index (χ0) is 30.6. The first-order valence-corrected chi connectivity index (χ1v) is 15.4. The zero-order valence-electron chi connectivity index (χ0n) is 24.5. The lowest BCUT2D eigenvalue weighted by atomic mass is 9.95. The number of alkyl halides is 1. The van der Waals surface area contributed by atoms with Crippen LogP contribution < -0.4 is 9.64 Å². The lowest BCUT2D eigenvalue weighted by Crippen LogP contribution is -2.55. The first-order chi connectivity index (χ1) is 21.3. The molecule has 44 heavy (non-hydrogen) atoms. The summed E-state index contributed by atoms with van der Waals surface area (Å²) in [4.78, 5) is 31.9. The van der Waals surface area contributed by atoms with E-state index in [1.807, 2.05) is 36.2 Å². The molecule has 0 radical (unpaired) electrons. The average Bonchev–Trinajstić information content (AvgIpc) is 3.53. The van der Waals surface area contributed by atoms with Gasteiger partial charge < -0.3 is 14.5 Å². The molecular weight excluding hydrogens is 586 g/mol. The van der Waals surface area contributed by atoms with Gasteiger partial charge in [0.15, 0.2) is 5.82 Å². The molecule has 3 saturated heterocycles. The maximum absolute atomic E-state index is 16.6. The Morgan fingerprint density at radius 3 is 2.84 bits per heavy atom. The molecule has 0 unspecified atom stereocenters. The number of likely N-dealkylation sites (N-methyl/N-ethyl adjacent to an activating group) is 1. The molecule has 5 heterocycles. The average molecular weight is 619 g/mol. The Kier molecular flexibility index (Phi) is 7.37. The SMILES string of the molecule is C=CC(=O)N1CC[C@H]1CN(C)c1nc(OC[C@@]23CCCN2C[C@H](F)C3)nc2c(F)c(-c3cccc4cccc(Cl)c34)ncc12. The van der Waals surface area contributed by atoms with Crippen molar-refractivity contribution in [3.63, 3.8) is 0 Å². The van der Waals surface area contributed by atoms with Gasteiger partial charge in [0.25, 0.3) is 0 Å². The molecule has 7 rings (SSSR count). The summed E-state index contributed by atoms with van der Waals surface area (Å²) in [6, 6.07) is 11.1. The van der Waals surface area contributed by atoms with Crippen molar-refractivity contribution in [3.05, 3.63) is 66.1 Å². The third-order valence-corrected chi connectivity index (χ3v) is 9.75. The van der Waals surface area contributed by atoms with Crippen LogP contribution in [0.2, 0.25) is 5.02 Å². The van der Waals surface area contributed by atoms with Crippen LogP contribution in [-0.2, 0) is 4.79 Å². The molecule has 0 spiro atoms. The summed E-state index contributed by atoms with van der Waals surface area (Å²) < 4.78 is 37.2. The molecule has 8 nitrogen and oxygen atoms in total. The number of aromatic nitrogens is 3. The maximum atomic E-state index is 16.6. The van der Waals surface area contributed by atoms with Gasteiger partial charge in [0, 0.05) is 55.3 Å². The first-order valence-electron chi connectivity index (χ1n) is 15.0. The molecule has 0 bridgehead atoms. The summed E-state index contributed by atoms with van der Waals surface area (Å²) >= 11 is 6.58. The monoisotopic (exact) mass is 618 g/mol. The Balaban J connectivity index is 1.30. The summed E-state index contributed by atoms with van der Waals surface area (Å²) in [6.45, 7) is 6.17. The molecule has 4 aromatic rings. The van der Waals surface area contributed by atoms with Crippen molar-refractivity contribution < 1.29 is 18.3 Å². The fraction of sp³-hybridized carbons (Fsp3) is 0.394. The number of fused-ring (bicyclic) bond motifs is 3. The van der Waals surface area contributed by atoms with Gasteiger partial charge in [-0.15, -0.1) is 0 Å². The highest BCUT2D eigenvalue weighted by atomic mass is 35.5. The zero-order valence-corrected chi connectivity index (χ0v) is 25.2. The van der Waals surface area contributed by atoms with Crippen molar-refractivity contribution in [2.75, 3.05) is 44.7 Å². The predicted octanol–water partition coefficient (Wildman–Crippen LogP) is 5.82. The minimum Gasteiger partial charge on any atom is -0.461 e. The molecule has 2 aromatic heterocycles. The van der Waals surface area contributed by atoms with Gasteiger partial charge in [-0.3, -0.25) is 14.7 Å². The molecule has 3 atom stereocenters. The Bertz CT molecular complexity index is 1780. The Hall–Kier alpha value is -3.89. The van der Waals surface area contributed by atoms with Crippen LogP contribution in [-0.4, -0.2) is 88.2 Å². The second-order valence-corrected chi connectivity index (χ2v) is 12.5. The molecule has 0 saturated carbocycles. The van der Waals surface area contributed by atoms with E-state index in [-0.39, 0.29) is 35.8 Å². The second kappa shape index (κ2) is 11.2. The number of ether oxygens (including phenoxy) is 1. The lowest BCUT2D eigenvalue weighted by Gasteiger charge is -2.42. The summed E-state index contributed by atoms with van der Waals surface area (Å²) in [6.07, 6.45) is 5.02. The minimum absolute atomic E-state index is 0.0162. The topological polar surface area (TPSA) is 74.7 Å². The molecule has 1 amide bonds. The van der Waals surface area contributed by atoms with E-state index in [1.54, 1.807) is 23.2 Å². The maximum Gasteiger partial charge on any atom is 0.319 e. The van der Waals surface area contributed by atoms with Crippen LogP contribution >= 0.6 is 11.6 Å². The molecule has 11 heteroatoms. The number of benzene rings is 2. The normalized spacial score (nSPS) is 23.1. The van der Waals surface area contributed by atoms with Crippen molar-refractivity contribution >= 4 is 45.0 Å². The number of amides is 1. The number of rotatable bonds is 8. The number of likely N-dealkylation sites (tertiary alicyclic amines) is 1. The van der Waals surface area contributed by atoms with Gasteiger partial charge in [0.2, 0.25) is 5.91 Å². The van der Waals surface area contributed by atoms with Crippen molar-refractivity contribution in [2.45, 2.75) is 43.4 Å². The molecule has 3 aliphatic rings. The molecule has 3 aliphatic heterocycles. The Morgan fingerprint density at radius 1 is 1.25 bits per heavy atom. The van der Waals surface area contributed by atoms with E-state index in [9.17, 15) is 9.18 Å². The van der Waals surface area contributed by atoms with E-state index in [0.717, 1.165) is 31.2 Å². The van der Waals surface area contributed by atoms with Crippen molar-refractivity contribution in [3.8, 4) is 17.3 Å². The predicted molar refractivity (Wildman–Crippen MR) is 167 cm³/mol. The summed E-state index contributed by atoms with van der Waals surface area (Å²) in [5.41, 5.74) is 0.321. The van der Waals surface area contributed by atoms with Crippen LogP contribution in [0.15, 0.2) is 55.3 Å². The van der Waals surface area contributed by atoms with Crippen molar-refractivity contribution in [2.24, 2.45) is 0 Å². The number of hydrogen-bond acceptors (Lipinski definition) is 7. The molecule has 2 aromatic carbocycles. The van der Waals surface area contributed by atoms with E-state index in [2.05, 4.69) is 21.4 Å². The van der Waals surface area contributed by atoms with Crippen LogP contribution in [0.25, 0.3) is 32.9 Å². The van der Waals surface area contributed by atoms with E-state index in [4.69, 9.17) is 21.3 Å². The molecule has 0 aliphatic carbocycles. The van der Waals surface area contributed by atoms with Gasteiger partial charge in [0.05, 0.1) is 17.0 Å². The van der Waals surface area contributed by atoms with Gasteiger partial charge in [-0.2, -0.15) is 9.97 Å². The quantitative estimate of drug-likeness (QED) is 0.231. The number of hydrogen-bond donors (Lipinski definition) is 0. The highest BCUT2D eigenvalue weighted by Gasteiger charge is 2.49. The summed E-state index contributed by atoms with van der Waals surface area (Å²) in [5.74, 6) is -0.304. The highest BCUT2D eigenvalue weighted by Crippen LogP contribution is 2.41. The summed E-state index contributed by atoms with van der Waals surface area (Å²) in [7, 11) is 1.85. The highest BCUT2D eigenvalue weighted by molar-refractivity contribution is 6.36. The van der Waals surface area contributed by atoms with E-state index < -0.39 is 17.5 Å². The van der Waals surface area contributed by atoms with Crippen molar-refractivity contribution in [1.82, 2.24) is 24.8 Å². The smallest absolute Gasteiger partial charge is 0.319 e. The Morgan fingerprint density at radius 2 is 2.07 bits per heavy atom. The standard InChI is InChI=1S/C33H33ClF2N6O2/c1-3-26(43)42-14-11-22(42)18-40(2)31-24-16-37-29(23-9-4-7-20-8-5-10-25(34)27(20)23)28(36)30(24)38-32(39-31)44-19-33-12-6-13-41(33)17-21(35)15-33/h3-5,7-10,16,21-22H,1,6,11-15,17-19H2,2H3/t21-,22+,33+/m1/s1.